The molecule has 21 heavy (non-hydrogen) atoms. The molecule has 2 heteroatoms. The van der Waals surface area contributed by atoms with Crippen LogP contribution in [0.5, 0.6) is 0 Å². The van der Waals surface area contributed by atoms with Gasteiger partial charge in [-0.1, -0.05) is 30.3 Å². The quantitative estimate of drug-likeness (QED) is 0.888. The van der Waals surface area contributed by atoms with Crippen molar-refractivity contribution in [3.8, 4) is 6.07 Å². The number of benzene rings is 2. The van der Waals surface area contributed by atoms with E-state index in [1.54, 1.807) is 0 Å². The predicted octanol–water partition coefficient (Wildman–Crippen LogP) is 4.61. The van der Waals surface area contributed by atoms with Crippen molar-refractivity contribution < 1.29 is 0 Å². The normalized spacial score (nSPS) is 14.9. The maximum atomic E-state index is 9.17. The summed E-state index contributed by atoms with van der Waals surface area (Å²) in [5, 5.41) is 12.6. The minimum absolute atomic E-state index is 0.201. The summed E-state index contributed by atoms with van der Waals surface area (Å²) >= 11 is 0. The molecule has 0 bridgehead atoms. The second-order valence-electron chi connectivity index (χ2n) is 5.76. The number of hydrogen-bond acceptors (Lipinski definition) is 2. The standard InChI is InChI=1S/C19H20N2/c1-14(21-19-9-5-4-8-18(19)13-20)16-11-10-15-6-2-3-7-17(15)12-16/h4-5,8-12,14,21H,2-3,6-7H2,1H3. The average Bonchev–Trinajstić information content (AvgIpc) is 2.55. The smallest absolute Gasteiger partial charge is 0.101 e. The number of hydrogen-bond donors (Lipinski definition) is 1. The number of nitrogens with one attached hydrogen (secondary N) is 1. The van der Waals surface area contributed by atoms with Gasteiger partial charge in [-0.3, -0.25) is 0 Å². The second kappa shape index (κ2) is 6.01. The van der Waals surface area contributed by atoms with Crippen LogP contribution in [0.3, 0.4) is 0 Å². The minimum Gasteiger partial charge on any atom is -0.377 e. The Morgan fingerprint density at radius 3 is 2.62 bits per heavy atom. The first kappa shape index (κ1) is 13.7. The molecule has 0 radical (unpaired) electrons. The van der Waals surface area contributed by atoms with Crippen molar-refractivity contribution in [1.29, 1.82) is 5.26 Å². The highest BCUT2D eigenvalue weighted by atomic mass is 14.9. The minimum atomic E-state index is 0.201. The zero-order chi connectivity index (χ0) is 14.7. The Hall–Kier alpha value is -2.27. The van der Waals surface area contributed by atoms with Crippen molar-refractivity contribution in [2.75, 3.05) is 5.32 Å². The molecule has 2 aromatic rings. The molecule has 2 nitrogen and oxygen atoms in total. The number of nitriles is 1. The SMILES string of the molecule is CC(Nc1ccccc1C#N)c1ccc2c(c1)CCCC2. The molecule has 106 valence electrons. The first-order valence-electron chi connectivity index (χ1n) is 7.65. The van der Waals surface area contributed by atoms with Gasteiger partial charge in [0.15, 0.2) is 0 Å². The monoisotopic (exact) mass is 276 g/mol. The van der Waals surface area contributed by atoms with E-state index < -0.39 is 0 Å². The Labute approximate surface area is 126 Å². The zero-order valence-corrected chi connectivity index (χ0v) is 12.4. The number of anilines is 1. The number of para-hydroxylation sites is 1. The Morgan fingerprint density at radius 1 is 1.05 bits per heavy atom. The zero-order valence-electron chi connectivity index (χ0n) is 12.4. The van der Waals surface area contributed by atoms with E-state index in [-0.39, 0.29) is 6.04 Å². The number of rotatable bonds is 3. The van der Waals surface area contributed by atoms with Crippen molar-refractivity contribution in [1.82, 2.24) is 0 Å². The van der Waals surface area contributed by atoms with Crippen molar-refractivity contribution in [2.24, 2.45) is 0 Å². The highest BCUT2D eigenvalue weighted by Crippen LogP contribution is 2.27. The fraction of sp³-hybridized carbons (Fsp3) is 0.316. The average molecular weight is 276 g/mol. The lowest BCUT2D eigenvalue weighted by Crippen LogP contribution is -2.10. The summed E-state index contributed by atoms with van der Waals surface area (Å²) in [4.78, 5) is 0. The van der Waals surface area contributed by atoms with Crippen LogP contribution in [0.15, 0.2) is 42.5 Å². The lowest BCUT2D eigenvalue weighted by Gasteiger charge is -2.21. The first-order valence-corrected chi connectivity index (χ1v) is 7.65. The Balaban J connectivity index is 1.82. The molecule has 2 aromatic carbocycles. The Morgan fingerprint density at radius 2 is 1.81 bits per heavy atom. The predicted molar refractivity (Wildman–Crippen MR) is 86.3 cm³/mol. The van der Waals surface area contributed by atoms with E-state index in [0.717, 1.165) is 5.69 Å². The summed E-state index contributed by atoms with van der Waals surface area (Å²) in [5.74, 6) is 0. The topological polar surface area (TPSA) is 35.8 Å². The molecule has 0 amide bonds. The van der Waals surface area contributed by atoms with Gasteiger partial charge in [0.1, 0.15) is 6.07 Å². The fourth-order valence-electron chi connectivity index (χ4n) is 3.05. The van der Waals surface area contributed by atoms with Gasteiger partial charge in [-0.2, -0.15) is 5.26 Å². The van der Waals surface area contributed by atoms with E-state index >= 15 is 0 Å². The third-order valence-electron chi connectivity index (χ3n) is 4.29. The molecule has 1 N–H and O–H groups in total. The molecule has 0 heterocycles. The lowest BCUT2D eigenvalue weighted by atomic mass is 9.89. The van der Waals surface area contributed by atoms with E-state index in [4.69, 9.17) is 5.26 Å². The van der Waals surface area contributed by atoms with Gasteiger partial charge in [-0.25, -0.2) is 0 Å². The molecule has 0 spiro atoms. The maximum Gasteiger partial charge on any atom is 0.101 e. The van der Waals surface area contributed by atoms with Crippen LogP contribution in [0.25, 0.3) is 0 Å². The third-order valence-corrected chi connectivity index (χ3v) is 4.29. The summed E-state index contributed by atoms with van der Waals surface area (Å²) in [6.45, 7) is 2.15. The molecule has 1 aliphatic carbocycles. The number of nitrogens with zero attached hydrogens (tertiary/aromatic N) is 1. The molecule has 1 aliphatic rings. The highest BCUT2D eigenvalue weighted by Gasteiger charge is 2.13. The second-order valence-corrected chi connectivity index (χ2v) is 5.76. The molecular weight excluding hydrogens is 256 g/mol. The van der Waals surface area contributed by atoms with Gasteiger partial charge >= 0.3 is 0 Å². The maximum absolute atomic E-state index is 9.17. The van der Waals surface area contributed by atoms with Gasteiger partial charge in [-0.15, -0.1) is 0 Å². The van der Waals surface area contributed by atoms with E-state index in [9.17, 15) is 0 Å². The summed E-state index contributed by atoms with van der Waals surface area (Å²) < 4.78 is 0. The van der Waals surface area contributed by atoms with Crippen LogP contribution in [0.2, 0.25) is 0 Å². The Kier molecular flexibility index (Phi) is 3.92. The summed E-state index contributed by atoms with van der Waals surface area (Å²) in [5.41, 5.74) is 5.91. The van der Waals surface area contributed by atoms with Crippen molar-refractivity contribution >= 4 is 5.69 Å². The molecule has 3 rings (SSSR count). The van der Waals surface area contributed by atoms with Gasteiger partial charge in [0.25, 0.3) is 0 Å². The van der Waals surface area contributed by atoms with E-state index in [1.807, 2.05) is 24.3 Å². The largest absolute Gasteiger partial charge is 0.377 e. The molecule has 0 saturated carbocycles. The van der Waals surface area contributed by atoms with Crippen LogP contribution in [0.1, 0.15) is 48.1 Å². The molecule has 0 aliphatic heterocycles. The van der Waals surface area contributed by atoms with E-state index in [1.165, 1.54) is 42.4 Å². The fourth-order valence-corrected chi connectivity index (χ4v) is 3.05. The van der Waals surface area contributed by atoms with Crippen LogP contribution in [0.4, 0.5) is 5.69 Å². The highest BCUT2D eigenvalue weighted by molar-refractivity contribution is 5.58. The van der Waals surface area contributed by atoms with E-state index in [2.05, 4.69) is 36.5 Å². The first-order chi connectivity index (χ1) is 10.3. The van der Waals surface area contributed by atoms with Gasteiger partial charge in [0.2, 0.25) is 0 Å². The number of fused-ring (bicyclic) bond motifs is 1. The van der Waals surface area contributed by atoms with Crippen LogP contribution >= 0.6 is 0 Å². The van der Waals surface area contributed by atoms with Crippen molar-refractivity contribution in [2.45, 2.75) is 38.6 Å². The molecular formula is C19H20N2. The third kappa shape index (κ3) is 2.92. The van der Waals surface area contributed by atoms with Gasteiger partial charge < -0.3 is 5.32 Å². The van der Waals surface area contributed by atoms with Crippen LogP contribution in [-0.2, 0) is 12.8 Å². The summed E-state index contributed by atoms with van der Waals surface area (Å²) in [6.07, 6.45) is 5.03. The van der Waals surface area contributed by atoms with Crippen LogP contribution < -0.4 is 5.32 Å². The molecule has 0 fully saturated rings. The van der Waals surface area contributed by atoms with Crippen molar-refractivity contribution in [3.05, 3.63) is 64.7 Å². The van der Waals surface area contributed by atoms with Crippen molar-refractivity contribution in [3.63, 3.8) is 0 Å². The van der Waals surface area contributed by atoms with E-state index in [0.29, 0.717) is 5.56 Å². The van der Waals surface area contributed by atoms with Crippen LogP contribution in [0, 0.1) is 11.3 Å². The van der Waals surface area contributed by atoms with Gasteiger partial charge in [0.05, 0.1) is 11.3 Å². The molecule has 1 atom stereocenters. The Bertz CT molecular complexity index is 682. The summed E-state index contributed by atoms with van der Waals surface area (Å²) in [7, 11) is 0. The molecule has 0 aromatic heterocycles. The number of aryl methyl sites for hydroxylation is 2. The summed E-state index contributed by atoms with van der Waals surface area (Å²) in [6, 6.07) is 16.9. The van der Waals surface area contributed by atoms with Crippen LogP contribution in [-0.4, -0.2) is 0 Å². The molecule has 0 saturated heterocycles. The lowest BCUT2D eigenvalue weighted by molar-refractivity contribution is 0.683. The molecule has 1 unspecified atom stereocenters. The van der Waals surface area contributed by atoms with Gasteiger partial charge in [-0.05, 0) is 61.4 Å². The van der Waals surface area contributed by atoms with Gasteiger partial charge in [0, 0.05) is 6.04 Å².